The van der Waals surface area contributed by atoms with Gasteiger partial charge in [-0.25, -0.2) is 0 Å². The van der Waals surface area contributed by atoms with Gasteiger partial charge in [0.2, 0.25) is 0 Å². The number of carbonyl (C=O) groups is 1. The molecule has 5 nitrogen and oxygen atoms in total. The molecule has 1 aliphatic heterocycles. The highest BCUT2D eigenvalue weighted by Gasteiger charge is 2.30. The molecule has 1 aromatic carbocycles. The molecule has 2 rings (SSSR count). The van der Waals surface area contributed by atoms with Crippen LogP contribution in [0.25, 0.3) is 0 Å². The first-order valence-corrected chi connectivity index (χ1v) is 5.71. The van der Waals surface area contributed by atoms with Gasteiger partial charge in [-0.2, -0.15) is 0 Å². The molecule has 1 aliphatic rings. The Labute approximate surface area is 106 Å². The molecule has 0 aromatic heterocycles. The Morgan fingerprint density at radius 2 is 2.17 bits per heavy atom. The largest absolute Gasteiger partial charge is 0.496 e. The maximum absolute atomic E-state index is 11.2. The van der Waals surface area contributed by atoms with E-state index in [1.165, 1.54) is 7.11 Å². The predicted molar refractivity (Wildman–Crippen MR) is 63.2 cm³/mol. The molecular formula is C13H16O5. The van der Waals surface area contributed by atoms with Crippen LogP contribution in [0.15, 0.2) is 24.3 Å². The lowest BCUT2D eigenvalue weighted by atomic mass is 10.2. The fraction of sp³-hybridized carbons (Fsp3) is 0.462. The Hall–Kier alpha value is -1.59. The van der Waals surface area contributed by atoms with Crippen LogP contribution in [-0.4, -0.2) is 32.9 Å². The van der Waals surface area contributed by atoms with Crippen LogP contribution < -0.4 is 4.74 Å². The van der Waals surface area contributed by atoms with Gasteiger partial charge in [0.05, 0.1) is 33.4 Å². The quantitative estimate of drug-likeness (QED) is 0.763. The third kappa shape index (κ3) is 2.80. The number of hydrogen-bond donors (Lipinski definition) is 0. The summed E-state index contributed by atoms with van der Waals surface area (Å²) in [6.45, 7) is 0.373. The molecule has 1 aromatic rings. The van der Waals surface area contributed by atoms with Gasteiger partial charge in [0, 0.05) is 5.56 Å². The summed E-state index contributed by atoms with van der Waals surface area (Å²) in [5.41, 5.74) is 0.826. The number of ether oxygens (including phenoxy) is 4. The topological polar surface area (TPSA) is 54.0 Å². The van der Waals surface area contributed by atoms with E-state index in [0.717, 1.165) is 5.56 Å². The fourth-order valence-corrected chi connectivity index (χ4v) is 1.85. The van der Waals surface area contributed by atoms with Crippen molar-refractivity contribution in [1.82, 2.24) is 0 Å². The van der Waals surface area contributed by atoms with E-state index in [1.54, 1.807) is 7.11 Å². The second kappa shape index (κ2) is 5.84. The van der Waals surface area contributed by atoms with Crippen molar-refractivity contribution in [1.29, 1.82) is 0 Å². The highest BCUT2D eigenvalue weighted by molar-refractivity contribution is 5.69. The number of benzene rings is 1. The Balaban J connectivity index is 2.02. The predicted octanol–water partition coefficient (Wildman–Crippen LogP) is 1.67. The van der Waals surface area contributed by atoms with E-state index in [0.29, 0.717) is 12.4 Å². The lowest BCUT2D eigenvalue weighted by Gasteiger charge is -2.14. The van der Waals surface area contributed by atoms with E-state index in [2.05, 4.69) is 4.74 Å². The van der Waals surface area contributed by atoms with Gasteiger partial charge in [0.15, 0.2) is 6.29 Å². The standard InChI is InChI=1S/C13H16O5/c1-15-11-6-4-3-5-10(11)13-17-8-9(18-13)7-12(14)16-2/h3-6,9,13H,7-8H2,1-2H3. The Kier molecular flexibility index (Phi) is 4.17. The van der Waals surface area contributed by atoms with Gasteiger partial charge in [-0.15, -0.1) is 0 Å². The third-order valence-electron chi connectivity index (χ3n) is 2.76. The van der Waals surface area contributed by atoms with Crippen molar-refractivity contribution in [3.63, 3.8) is 0 Å². The fourth-order valence-electron chi connectivity index (χ4n) is 1.85. The van der Waals surface area contributed by atoms with Crippen molar-refractivity contribution in [3.8, 4) is 5.75 Å². The van der Waals surface area contributed by atoms with Crippen LogP contribution in [-0.2, 0) is 19.0 Å². The minimum absolute atomic E-state index is 0.197. The normalized spacial score (nSPS) is 22.8. The van der Waals surface area contributed by atoms with Crippen LogP contribution in [0, 0.1) is 0 Å². The molecule has 2 unspecified atom stereocenters. The molecule has 5 heteroatoms. The number of rotatable bonds is 4. The Morgan fingerprint density at radius 1 is 1.39 bits per heavy atom. The van der Waals surface area contributed by atoms with Crippen molar-refractivity contribution in [2.45, 2.75) is 18.8 Å². The average Bonchev–Trinajstić information content (AvgIpc) is 2.86. The molecule has 2 atom stereocenters. The number of carbonyl (C=O) groups excluding carboxylic acids is 1. The smallest absolute Gasteiger partial charge is 0.308 e. The Morgan fingerprint density at radius 3 is 2.89 bits per heavy atom. The molecule has 0 bridgehead atoms. The summed E-state index contributed by atoms with van der Waals surface area (Å²) in [7, 11) is 2.95. The zero-order valence-electron chi connectivity index (χ0n) is 10.4. The van der Waals surface area contributed by atoms with Crippen molar-refractivity contribution >= 4 is 5.97 Å². The maximum atomic E-state index is 11.2. The maximum Gasteiger partial charge on any atom is 0.308 e. The molecule has 0 amide bonds. The van der Waals surface area contributed by atoms with Gasteiger partial charge in [-0.1, -0.05) is 18.2 Å². The first-order valence-electron chi connectivity index (χ1n) is 5.71. The number of esters is 1. The number of para-hydroxylation sites is 1. The molecule has 98 valence electrons. The first-order chi connectivity index (χ1) is 8.74. The van der Waals surface area contributed by atoms with E-state index < -0.39 is 6.29 Å². The van der Waals surface area contributed by atoms with Gasteiger partial charge in [-0.3, -0.25) is 4.79 Å². The summed E-state index contributed by atoms with van der Waals surface area (Å²) in [5.74, 6) is 0.408. The molecule has 0 saturated carbocycles. The lowest BCUT2D eigenvalue weighted by Crippen LogP contribution is -2.16. The van der Waals surface area contributed by atoms with E-state index in [-0.39, 0.29) is 18.5 Å². The summed E-state index contributed by atoms with van der Waals surface area (Å²) in [6.07, 6.45) is -0.564. The zero-order valence-corrected chi connectivity index (χ0v) is 10.4. The van der Waals surface area contributed by atoms with Crippen molar-refractivity contribution < 1.29 is 23.7 Å². The molecule has 0 spiro atoms. The summed E-state index contributed by atoms with van der Waals surface area (Å²) in [5, 5.41) is 0. The summed E-state index contributed by atoms with van der Waals surface area (Å²) < 4.78 is 21.0. The van der Waals surface area contributed by atoms with Crippen molar-refractivity contribution in [3.05, 3.63) is 29.8 Å². The van der Waals surface area contributed by atoms with Gasteiger partial charge < -0.3 is 18.9 Å². The van der Waals surface area contributed by atoms with E-state index >= 15 is 0 Å². The van der Waals surface area contributed by atoms with E-state index in [9.17, 15) is 4.79 Å². The summed E-state index contributed by atoms with van der Waals surface area (Å²) >= 11 is 0. The molecule has 1 heterocycles. The zero-order chi connectivity index (χ0) is 13.0. The molecule has 0 N–H and O–H groups in total. The second-order valence-electron chi connectivity index (χ2n) is 3.95. The lowest BCUT2D eigenvalue weighted by molar-refractivity contribution is -0.143. The van der Waals surface area contributed by atoms with Crippen LogP contribution in [0.4, 0.5) is 0 Å². The molecule has 0 radical (unpaired) electrons. The first kappa shape index (κ1) is 12.9. The summed E-state index contributed by atoms with van der Waals surface area (Å²) in [6, 6.07) is 7.49. The number of hydrogen-bond acceptors (Lipinski definition) is 5. The monoisotopic (exact) mass is 252 g/mol. The molecule has 0 aliphatic carbocycles. The van der Waals surface area contributed by atoms with Crippen molar-refractivity contribution in [2.75, 3.05) is 20.8 Å². The SMILES string of the molecule is COC(=O)CC1COC(c2ccccc2OC)O1. The third-order valence-corrected chi connectivity index (χ3v) is 2.76. The van der Waals surface area contributed by atoms with Crippen LogP contribution in [0.5, 0.6) is 5.75 Å². The van der Waals surface area contributed by atoms with Gasteiger partial charge in [0.25, 0.3) is 0 Å². The van der Waals surface area contributed by atoms with Crippen LogP contribution in [0.1, 0.15) is 18.3 Å². The van der Waals surface area contributed by atoms with Gasteiger partial charge in [0.1, 0.15) is 5.75 Å². The second-order valence-corrected chi connectivity index (χ2v) is 3.95. The minimum Gasteiger partial charge on any atom is -0.496 e. The highest BCUT2D eigenvalue weighted by atomic mass is 16.7. The van der Waals surface area contributed by atoms with E-state index in [4.69, 9.17) is 14.2 Å². The van der Waals surface area contributed by atoms with Gasteiger partial charge >= 0.3 is 5.97 Å². The Bertz CT molecular complexity index is 418. The average molecular weight is 252 g/mol. The minimum atomic E-state index is -0.490. The van der Waals surface area contributed by atoms with E-state index in [1.807, 2.05) is 24.3 Å². The molecule has 18 heavy (non-hydrogen) atoms. The highest BCUT2D eigenvalue weighted by Crippen LogP contribution is 2.33. The van der Waals surface area contributed by atoms with Crippen LogP contribution in [0.3, 0.4) is 0 Å². The number of methoxy groups -OCH3 is 2. The van der Waals surface area contributed by atoms with Crippen molar-refractivity contribution in [2.24, 2.45) is 0 Å². The van der Waals surface area contributed by atoms with Crippen LogP contribution >= 0.6 is 0 Å². The van der Waals surface area contributed by atoms with Crippen LogP contribution in [0.2, 0.25) is 0 Å². The molecular weight excluding hydrogens is 236 g/mol. The van der Waals surface area contributed by atoms with Gasteiger partial charge in [-0.05, 0) is 6.07 Å². The summed E-state index contributed by atoms with van der Waals surface area (Å²) in [4.78, 5) is 11.2. The molecule has 1 fully saturated rings. The molecule has 1 saturated heterocycles.